The van der Waals surface area contributed by atoms with Crippen LogP contribution in [0.3, 0.4) is 0 Å². The molecule has 2 rings (SSSR count). The van der Waals surface area contributed by atoms with Crippen molar-refractivity contribution in [2.75, 3.05) is 12.9 Å². The first kappa shape index (κ1) is 29.8. The van der Waals surface area contributed by atoms with Gasteiger partial charge in [-0.3, -0.25) is 9.59 Å². The summed E-state index contributed by atoms with van der Waals surface area (Å²) in [7, 11) is 1.61. The van der Waals surface area contributed by atoms with E-state index >= 15 is 0 Å². The lowest BCUT2D eigenvalue weighted by atomic mass is 9.98. The summed E-state index contributed by atoms with van der Waals surface area (Å²) in [4.78, 5) is 26.1. The minimum absolute atomic E-state index is 0.0136. The molecule has 0 heterocycles. The number of ether oxygens (including phenoxy) is 1. The Balaban J connectivity index is 2.04. The topological polar surface area (TPSA) is 87.7 Å². The van der Waals surface area contributed by atoms with Gasteiger partial charge in [-0.05, 0) is 48.4 Å². The Morgan fingerprint density at radius 1 is 1.14 bits per heavy atom. The van der Waals surface area contributed by atoms with E-state index in [1.807, 2.05) is 32.0 Å². The van der Waals surface area contributed by atoms with E-state index in [1.54, 1.807) is 18.9 Å². The van der Waals surface area contributed by atoms with Gasteiger partial charge >= 0.3 is 0 Å². The summed E-state index contributed by atoms with van der Waals surface area (Å²) in [5.74, 6) is 0.998. The SMILES string of the molecule is C=C(O)C[C@H](NC(=C)C(NC(=O)Cc1cc(OC)ccc1CC)C(C)C)C(=O)CSC1CCCCC1. The number of carbonyl (C=O) groups is 2. The zero-order chi connectivity index (χ0) is 26.7. The predicted molar refractivity (Wildman–Crippen MR) is 150 cm³/mol. The second-order valence-corrected chi connectivity index (χ2v) is 11.3. The molecule has 200 valence electrons. The first-order valence-corrected chi connectivity index (χ1v) is 14.1. The van der Waals surface area contributed by atoms with E-state index in [9.17, 15) is 14.7 Å². The maximum atomic E-state index is 13.1. The molecular formula is C29H44N2O4S. The molecule has 0 spiro atoms. The third kappa shape index (κ3) is 9.57. The first-order valence-electron chi connectivity index (χ1n) is 13.1. The van der Waals surface area contributed by atoms with Gasteiger partial charge in [0.25, 0.3) is 0 Å². The van der Waals surface area contributed by atoms with Crippen molar-refractivity contribution in [2.45, 2.75) is 89.5 Å². The number of ketones is 1. The standard InChI is InChI=1S/C29H44N2O4S/c1-7-22-13-14-24(35-6)16-23(22)17-28(34)31-29(19(2)3)21(5)30-26(15-20(4)32)27(33)18-36-25-11-9-8-10-12-25/h13-14,16,19,25-26,29-30,32H,4-5,7-12,15,17-18H2,1-3,6H3,(H,31,34)/t26-,29?/m0/s1. The summed E-state index contributed by atoms with van der Waals surface area (Å²) >= 11 is 1.71. The average molecular weight is 517 g/mol. The molecule has 1 aromatic rings. The number of methoxy groups -OCH3 is 1. The lowest BCUT2D eigenvalue weighted by Crippen LogP contribution is -2.48. The van der Waals surface area contributed by atoms with Crippen molar-refractivity contribution in [3.63, 3.8) is 0 Å². The highest BCUT2D eigenvalue weighted by molar-refractivity contribution is 8.00. The Labute approximate surface area is 221 Å². The molecule has 0 aliphatic heterocycles. The highest BCUT2D eigenvalue weighted by Crippen LogP contribution is 2.28. The van der Waals surface area contributed by atoms with Gasteiger partial charge in [0.1, 0.15) is 5.75 Å². The molecule has 0 aromatic heterocycles. The van der Waals surface area contributed by atoms with Crippen LogP contribution in [0.15, 0.2) is 42.8 Å². The van der Waals surface area contributed by atoms with Gasteiger partial charge in [-0.15, -0.1) is 0 Å². The Hall–Kier alpha value is -2.41. The third-order valence-electron chi connectivity index (χ3n) is 6.71. The van der Waals surface area contributed by atoms with E-state index in [2.05, 4.69) is 30.7 Å². The van der Waals surface area contributed by atoms with Crippen molar-refractivity contribution >= 4 is 23.5 Å². The molecule has 3 N–H and O–H groups in total. The summed E-state index contributed by atoms with van der Waals surface area (Å²) in [6, 6.07) is 4.80. The number of hydrogen-bond acceptors (Lipinski definition) is 6. The van der Waals surface area contributed by atoms with Crippen LogP contribution in [0.4, 0.5) is 0 Å². The van der Waals surface area contributed by atoms with E-state index in [0.29, 0.717) is 16.7 Å². The van der Waals surface area contributed by atoms with Crippen molar-refractivity contribution < 1.29 is 19.4 Å². The smallest absolute Gasteiger partial charge is 0.224 e. The molecule has 0 bridgehead atoms. The van der Waals surface area contributed by atoms with Crippen LogP contribution in [-0.2, 0) is 22.4 Å². The van der Waals surface area contributed by atoms with E-state index in [4.69, 9.17) is 4.74 Å². The molecule has 1 aliphatic carbocycles. The van der Waals surface area contributed by atoms with E-state index in [1.165, 1.54) is 19.3 Å². The third-order valence-corrected chi connectivity index (χ3v) is 8.10. The van der Waals surface area contributed by atoms with Crippen LogP contribution < -0.4 is 15.4 Å². The van der Waals surface area contributed by atoms with Crippen LogP contribution in [0.1, 0.15) is 70.4 Å². The average Bonchev–Trinajstić information content (AvgIpc) is 2.85. The zero-order valence-electron chi connectivity index (χ0n) is 22.4. The van der Waals surface area contributed by atoms with Crippen molar-refractivity contribution in [1.82, 2.24) is 10.6 Å². The predicted octanol–water partition coefficient (Wildman–Crippen LogP) is 5.51. The molecule has 7 heteroatoms. The van der Waals surface area contributed by atoms with Crippen LogP contribution in [0.25, 0.3) is 0 Å². The van der Waals surface area contributed by atoms with Crippen molar-refractivity contribution in [1.29, 1.82) is 0 Å². The van der Waals surface area contributed by atoms with Gasteiger partial charge < -0.3 is 20.5 Å². The number of benzene rings is 1. The lowest BCUT2D eigenvalue weighted by Gasteiger charge is -2.29. The molecule has 0 saturated heterocycles. The Morgan fingerprint density at radius 3 is 2.42 bits per heavy atom. The van der Waals surface area contributed by atoms with Crippen LogP contribution in [0.5, 0.6) is 5.75 Å². The number of hydrogen-bond donors (Lipinski definition) is 3. The lowest BCUT2D eigenvalue weighted by molar-refractivity contribution is -0.121. The van der Waals surface area contributed by atoms with Crippen LogP contribution in [0.2, 0.25) is 0 Å². The summed E-state index contributed by atoms with van der Waals surface area (Å²) in [5, 5.41) is 16.7. The van der Waals surface area contributed by atoms with E-state index in [0.717, 1.165) is 36.1 Å². The Bertz CT molecular complexity index is 909. The van der Waals surface area contributed by atoms with Crippen molar-refractivity contribution in [2.24, 2.45) is 5.92 Å². The number of nitrogens with one attached hydrogen (secondary N) is 2. The normalized spacial score (nSPS) is 15.7. The maximum Gasteiger partial charge on any atom is 0.224 e. The first-order chi connectivity index (χ1) is 17.1. The Morgan fingerprint density at radius 2 is 1.83 bits per heavy atom. The highest BCUT2D eigenvalue weighted by atomic mass is 32.2. The number of Topliss-reactive ketones (excluding diaryl/α,β-unsaturated/α-hetero) is 1. The van der Waals surface area contributed by atoms with Gasteiger partial charge in [0, 0.05) is 17.4 Å². The Kier molecular flexibility index (Phi) is 12.4. The molecule has 1 aliphatic rings. The van der Waals surface area contributed by atoms with E-state index in [-0.39, 0.29) is 42.3 Å². The molecule has 1 amide bonds. The number of rotatable bonds is 15. The van der Waals surface area contributed by atoms with Gasteiger partial charge in [-0.2, -0.15) is 11.8 Å². The molecule has 2 atom stereocenters. The van der Waals surface area contributed by atoms with Crippen LogP contribution in [-0.4, -0.2) is 47.0 Å². The summed E-state index contributed by atoms with van der Waals surface area (Å²) in [6.45, 7) is 13.8. The highest BCUT2D eigenvalue weighted by Gasteiger charge is 2.26. The second-order valence-electron chi connectivity index (χ2n) is 9.98. The van der Waals surface area contributed by atoms with Crippen LogP contribution >= 0.6 is 11.8 Å². The van der Waals surface area contributed by atoms with E-state index < -0.39 is 6.04 Å². The van der Waals surface area contributed by atoms with Gasteiger partial charge in [-0.25, -0.2) is 0 Å². The quantitative estimate of drug-likeness (QED) is 0.267. The molecule has 1 unspecified atom stereocenters. The van der Waals surface area contributed by atoms with Gasteiger partial charge in [0.2, 0.25) is 5.91 Å². The molecule has 36 heavy (non-hydrogen) atoms. The molecule has 6 nitrogen and oxygen atoms in total. The minimum atomic E-state index is -0.630. The number of aliphatic hydroxyl groups is 1. The number of aryl methyl sites for hydroxylation is 1. The van der Waals surface area contributed by atoms with Crippen LogP contribution in [0, 0.1) is 5.92 Å². The fraction of sp³-hybridized carbons (Fsp3) is 0.586. The molecular weight excluding hydrogens is 472 g/mol. The van der Waals surface area contributed by atoms with Gasteiger partial charge in [0.05, 0.1) is 37.1 Å². The number of thioether (sulfide) groups is 1. The molecule has 1 saturated carbocycles. The fourth-order valence-corrected chi connectivity index (χ4v) is 5.89. The number of amides is 1. The zero-order valence-corrected chi connectivity index (χ0v) is 23.2. The van der Waals surface area contributed by atoms with Crippen molar-refractivity contribution in [3.8, 4) is 5.75 Å². The van der Waals surface area contributed by atoms with Crippen molar-refractivity contribution in [3.05, 3.63) is 53.9 Å². The minimum Gasteiger partial charge on any atom is -0.513 e. The number of aliphatic hydroxyl groups excluding tert-OH is 1. The second kappa shape index (κ2) is 15.0. The number of carbonyl (C=O) groups excluding carboxylic acids is 2. The van der Waals surface area contributed by atoms with Gasteiger partial charge in [-0.1, -0.05) is 59.3 Å². The molecule has 0 radical (unpaired) electrons. The summed E-state index contributed by atoms with van der Waals surface area (Å²) in [5.41, 5.74) is 2.59. The monoisotopic (exact) mass is 516 g/mol. The maximum absolute atomic E-state index is 13.1. The largest absolute Gasteiger partial charge is 0.513 e. The summed E-state index contributed by atoms with van der Waals surface area (Å²) in [6.07, 6.45) is 7.21. The van der Waals surface area contributed by atoms with Gasteiger partial charge in [0.15, 0.2) is 5.78 Å². The summed E-state index contributed by atoms with van der Waals surface area (Å²) < 4.78 is 5.33. The molecule has 1 fully saturated rings. The molecule has 1 aromatic carbocycles. The fourth-order valence-electron chi connectivity index (χ4n) is 4.62.